The largest absolute Gasteiger partial charge is 0.348 e. The van der Waals surface area contributed by atoms with E-state index in [1.807, 2.05) is 0 Å². The van der Waals surface area contributed by atoms with E-state index in [1.54, 1.807) is 26.2 Å². The molecule has 7 nitrogen and oxygen atoms in total. The van der Waals surface area contributed by atoms with Gasteiger partial charge in [-0.2, -0.15) is 4.31 Å². The predicted molar refractivity (Wildman–Crippen MR) is 81.9 cm³/mol. The van der Waals surface area contributed by atoms with Gasteiger partial charge < -0.3 is 10.2 Å². The van der Waals surface area contributed by atoms with Crippen molar-refractivity contribution in [1.82, 2.24) is 9.21 Å². The average molecular weight is 325 g/mol. The first kappa shape index (κ1) is 16.4. The van der Waals surface area contributed by atoms with Gasteiger partial charge in [0.25, 0.3) is 0 Å². The fourth-order valence-corrected chi connectivity index (χ4v) is 3.29. The molecule has 0 aromatic heterocycles. The normalized spacial score (nSPS) is 14.5. The van der Waals surface area contributed by atoms with Gasteiger partial charge in [-0.1, -0.05) is 0 Å². The van der Waals surface area contributed by atoms with E-state index in [0.717, 1.165) is 9.87 Å². The minimum Gasteiger partial charge on any atom is -0.348 e. The minimum absolute atomic E-state index is 0.0724. The summed E-state index contributed by atoms with van der Waals surface area (Å²) in [6.07, 6.45) is 0.844. The Labute approximate surface area is 129 Å². The topological polar surface area (TPSA) is 86.8 Å². The van der Waals surface area contributed by atoms with E-state index in [-0.39, 0.29) is 23.3 Å². The van der Waals surface area contributed by atoms with Crippen molar-refractivity contribution >= 4 is 27.5 Å². The maximum absolute atomic E-state index is 12.5. The van der Waals surface area contributed by atoms with Crippen LogP contribution in [0.25, 0.3) is 0 Å². The molecule has 1 aliphatic heterocycles. The first-order valence-corrected chi connectivity index (χ1v) is 8.25. The molecule has 0 spiro atoms. The SMILES string of the molecule is CN(C)C(=O)CN(C)S(=O)(=O)c1ccc2c(c1)CCC(=O)N2. The van der Waals surface area contributed by atoms with Gasteiger partial charge in [-0.25, -0.2) is 8.42 Å². The van der Waals surface area contributed by atoms with E-state index in [2.05, 4.69) is 5.32 Å². The molecule has 0 aliphatic carbocycles. The summed E-state index contributed by atoms with van der Waals surface area (Å²) in [6, 6.07) is 4.58. The summed E-state index contributed by atoms with van der Waals surface area (Å²) in [4.78, 5) is 24.5. The highest BCUT2D eigenvalue weighted by atomic mass is 32.2. The third-order valence-electron chi connectivity index (χ3n) is 3.54. The van der Waals surface area contributed by atoms with E-state index in [1.165, 1.54) is 18.0 Å². The van der Waals surface area contributed by atoms with Gasteiger partial charge in [0.1, 0.15) is 0 Å². The molecule has 1 aromatic carbocycles. The van der Waals surface area contributed by atoms with E-state index in [0.29, 0.717) is 18.5 Å². The maximum atomic E-state index is 12.5. The van der Waals surface area contributed by atoms with Crippen LogP contribution in [0.2, 0.25) is 0 Å². The van der Waals surface area contributed by atoms with Crippen LogP contribution < -0.4 is 5.32 Å². The summed E-state index contributed by atoms with van der Waals surface area (Å²) in [6.45, 7) is -0.219. The standard InChI is InChI=1S/C14H19N3O4S/c1-16(2)14(19)9-17(3)22(20,21)11-5-6-12-10(8-11)4-7-13(18)15-12/h5-6,8H,4,7,9H2,1-3H3,(H,15,18). The molecule has 22 heavy (non-hydrogen) atoms. The Morgan fingerprint density at radius 1 is 1.23 bits per heavy atom. The molecule has 120 valence electrons. The van der Waals surface area contributed by atoms with Crippen LogP contribution in [0.1, 0.15) is 12.0 Å². The van der Waals surface area contributed by atoms with Crippen LogP contribution in [-0.2, 0) is 26.0 Å². The number of anilines is 1. The first-order chi connectivity index (χ1) is 10.2. The van der Waals surface area contributed by atoms with Gasteiger partial charge in [-0.05, 0) is 30.2 Å². The molecule has 0 fully saturated rings. The van der Waals surface area contributed by atoms with Crippen LogP contribution >= 0.6 is 0 Å². The van der Waals surface area contributed by atoms with Crippen molar-refractivity contribution in [1.29, 1.82) is 0 Å². The van der Waals surface area contributed by atoms with E-state index >= 15 is 0 Å². The molecule has 1 aromatic rings. The lowest BCUT2D eigenvalue weighted by atomic mass is 10.0. The first-order valence-electron chi connectivity index (χ1n) is 6.81. The molecule has 1 heterocycles. The zero-order valence-electron chi connectivity index (χ0n) is 12.8. The summed E-state index contributed by atoms with van der Waals surface area (Å²) in [5.74, 6) is -0.367. The number of benzene rings is 1. The van der Waals surface area contributed by atoms with E-state index < -0.39 is 10.0 Å². The molecule has 0 unspecified atom stereocenters. The van der Waals surface area contributed by atoms with Crippen molar-refractivity contribution in [3.05, 3.63) is 23.8 Å². The summed E-state index contributed by atoms with van der Waals surface area (Å²) < 4.78 is 26.0. The average Bonchev–Trinajstić information content (AvgIpc) is 2.46. The summed E-state index contributed by atoms with van der Waals surface area (Å²) >= 11 is 0. The Balaban J connectivity index is 2.26. The Morgan fingerprint density at radius 2 is 1.91 bits per heavy atom. The minimum atomic E-state index is -3.74. The van der Waals surface area contributed by atoms with Gasteiger partial charge in [0.05, 0.1) is 11.4 Å². The number of hydrogen-bond donors (Lipinski definition) is 1. The number of carbonyl (C=O) groups is 2. The number of rotatable bonds is 4. The number of hydrogen-bond acceptors (Lipinski definition) is 4. The van der Waals surface area contributed by atoms with Crippen LogP contribution in [0, 0.1) is 0 Å². The van der Waals surface area contributed by atoms with Crippen molar-refractivity contribution in [3.63, 3.8) is 0 Å². The molecule has 1 N–H and O–H groups in total. The van der Waals surface area contributed by atoms with Crippen LogP contribution in [0.3, 0.4) is 0 Å². The number of carbonyl (C=O) groups excluding carboxylic acids is 2. The smallest absolute Gasteiger partial charge is 0.243 e. The summed E-state index contributed by atoms with van der Waals surface area (Å²) in [5.41, 5.74) is 1.43. The maximum Gasteiger partial charge on any atom is 0.243 e. The highest BCUT2D eigenvalue weighted by molar-refractivity contribution is 7.89. The Kier molecular flexibility index (Phi) is 4.52. The second kappa shape index (κ2) is 6.05. The molecule has 0 saturated carbocycles. The van der Waals surface area contributed by atoms with Crippen molar-refractivity contribution in [3.8, 4) is 0 Å². The van der Waals surface area contributed by atoms with Crippen molar-refractivity contribution < 1.29 is 18.0 Å². The molecular weight excluding hydrogens is 306 g/mol. The van der Waals surface area contributed by atoms with E-state index in [4.69, 9.17) is 0 Å². The lowest BCUT2D eigenvalue weighted by Gasteiger charge is -2.21. The predicted octanol–water partition coefficient (Wildman–Crippen LogP) is 0.280. The second-order valence-corrected chi connectivity index (χ2v) is 7.46. The number of sulfonamides is 1. The van der Waals surface area contributed by atoms with Crippen LogP contribution in [0.15, 0.2) is 23.1 Å². The third kappa shape index (κ3) is 3.28. The number of amides is 2. The highest BCUT2D eigenvalue weighted by Gasteiger charge is 2.25. The molecule has 0 radical (unpaired) electrons. The molecular formula is C14H19N3O4S. The molecule has 0 atom stereocenters. The number of fused-ring (bicyclic) bond motifs is 1. The Hall–Kier alpha value is -1.93. The fourth-order valence-electron chi connectivity index (χ4n) is 2.12. The quantitative estimate of drug-likeness (QED) is 0.861. The summed E-state index contributed by atoms with van der Waals surface area (Å²) in [5, 5.41) is 2.71. The lowest BCUT2D eigenvalue weighted by molar-refractivity contribution is -0.128. The van der Waals surface area contributed by atoms with Gasteiger partial charge in [0.15, 0.2) is 0 Å². The Bertz CT molecular complexity index is 713. The van der Waals surface area contributed by atoms with Gasteiger partial charge in [0.2, 0.25) is 21.8 Å². The molecule has 0 bridgehead atoms. The zero-order valence-corrected chi connectivity index (χ0v) is 13.6. The van der Waals surface area contributed by atoms with E-state index in [9.17, 15) is 18.0 Å². The highest BCUT2D eigenvalue weighted by Crippen LogP contribution is 2.26. The summed E-state index contributed by atoms with van der Waals surface area (Å²) in [7, 11) is 0.779. The number of likely N-dealkylation sites (N-methyl/N-ethyl adjacent to an activating group) is 2. The molecule has 8 heteroatoms. The molecule has 1 aliphatic rings. The van der Waals surface area contributed by atoms with Crippen molar-refractivity contribution in [2.24, 2.45) is 0 Å². The second-order valence-electron chi connectivity index (χ2n) is 5.42. The zero-order chi connectivity index (χ0) is 16.5. The fraction of sp³-hybridized carbons (Fsp3) is 0.429. The van der Waals surface area contributed by atoms with Gasteiger partial charge >= 0.3 is 0 Å². The van der Waals surface area contributed by atoms with Crippen LogP contribution in [0.5, 0.6) is 0 Å². The molecule has 2 amide bonds. The lowest BCUT2D eigenvalue weighted by Crippen LogP contribution is -2.37. The number of aryl methyl sites for hydroxylation is 1. The van der Waals surface area contributed by atoms with Gasteiger partial charge in [0, 0.05) is 33.3 Å². The number of nitrogens with one attached hydrogen (secondary N) is 1. The number of nitrogens with zero attached hydrogens (tertiary/aromatic N) is 2. The van der Waals surface area contributed by atoms with Crippen molar-refractivity contribution in [2.75, 3.05) is 33.0 Å². The monoisotopic (exact) mass is 325 g/mol. The van der Waals surface area contributed by atoms with Crippen molar-refractivity contribution in [2.45, 2.75) is 17.7 Å². The third-order valence-corrected chi connectivity index (χ3v) is 5.34. The van der Waals surface area contributed by atoms with Crippen LogP contribution in [0.4, 0.5) is 5.69 Å². The Morgan fingerprint density at radius 3 is 2.55 bits per heavy atom. The molecule has 0 saturated heterocycles. The van der Waals surface area contributed by atoms with Crippen LogP contribution in [-0.4, -0.2) is 57.1 Å². The van der Waals surface area contributed by atoms with Gasteiger partial charge in [-0.3, -0.25) is 9.59 Å². The molecule has 2 rings (SSSR count). The van der Waals surface area contributed by atoms with Gasteiger partial charge in [-0.15, -0.1) is 0 Å².